The summed E-state index contributed by atoms with van der Waals surface area (Å²) in [6, 6.07) is 6.09. The van der Waals surface area contributed by atoms with Gasteiger partial charge in [-0.25, -0.2) is 0 Å². The fourth-order valence-corrected chi connectivity index (χ4v) is 2.05. The lowest BCUT2D eigenvalue weighted by Gasteiger charge is -2.17. The summed E-state index contributed by atoms with van der Waals surface area (Å²) in [4.78, 5) is 11.7. The summed E-state index contributed by atoms with van der Waals surface area (Å²) in [7, 11) is 1.89. The number of rotatable bonds is 8. The number of carbonyl (C=O) groups is 1. The standard InChI is InChI=1S/C16H26N2O2.ClH/c1-12-7-5-8-13(2)16(12)20-11-14(3)18-15(19)9-6-10-17-4;/h5,7-8,14,17H,6,9-11H2,1-4H3,(H,18,19);1H. The molecule has 0 aliphatic carbocycles. The zero-order chi connectivity index (χ0) is 15.0. The molecule has 1 unspecified atom stereocenters. The predicted molar refractivity (Wildman–Crippen MR) is 89.4 cm³/mol. The molecule has 1 atom stereocenters. The average Bonchev–Trinajstić information content (AvgIpc) is 2.38. The van der Waals surface area contributed by atoms with Crippen molar-refractivity contribution in [2.45, 2.75) is 39.7 Å². The molecule has 0 heterocycles. The molecule has 0 bridgehead atoms. The molecule has 2 N–H and O–H groups in total. The summed E-state index contributed by atoms with van der Waals surface area (Å²) in [5.41, 5.74) is 2.25. The Hall–Kier alpha value is -1.26. The Morgan fingerprint density at radius 1 is 1.29 bits per heavy atom. The maximum atomic E-state index is 11.7. The number of ether oxygens (including phenoxy) is 1. The highest BCUT2D eigenvalue weighted by Gasteiger charge is 2.09. The maximum Gasteiger partial charge on any atom is 0.220 e. The number of benzene rings is 1. The van der Waals surface area contributed by atoms with Gasteiger partial charge in [0.25, 0.3) is 0 Å². The van der Waals surface area contributed by atoms with Gasteiger partial charge in [-0.3, -0.25) is 4.79 Å². The number of para-hydroxylation sites is 1. The predicted octanol–water partition coefficient (Wildman–Crippen LogP) is 2.61. The Bertz CT molecular complexity index is 418. The number of hydrogen-bond acceptors (Lipinski definition) is 3. The molecule has 120 valence electrons. The van der Waals surface area contributed by atoms with E-state index in [9.17, 15) is 4.79 Å². The third-order valence-corrected chi connectivity index (χ3v) is 3.12. The fraction of sp³-hybridized carbons (Fsp3) is 0.562. The molecule has 0 saturated heterocycles. The second kappa shape index (κ2) is 10.5. The molecule has 0 aromatic heterocycles. The van der Waals surface area contributed by atoms with Crippen LogP contribution in [0.15, 0.2) is 18.2 Å². The van der Waals surface area contributed by atoms with E-state index in [4.69, 9.17) is 4.74 Å². The van der Waals surface area contributed by atoms with E-state index in [0.717, 1.165) is 29.8 Å². The lowest BCUT2D eigenvalue weighted by molar-refractivity contribution is -0.121. The van der Waals surface area contributed by atoms with Gasteiger partial charge < -0.3 is 15.4 Å². The molecule has 1 amide bonds. The molecule has 5 heteroatoms. The first-order valence-corrected chi connectivity index (χ1v) is 7.17. The van der Waals surface area contributed by atoms with Crippen LogP contribution in [-0.2, 0) is 4.79 Å². The van der Waals surface area contributed by atoms with Crippen molar-refractivity contribution >= 4 is 18.3 Å². The molecule has 1 aromatic rings. The third-order valence-electron chi connectivity index (χ3n) is 3.12. The second-order valence-electron chi connectivity index (χ2n) is 5.21. The number of nitrogens with one attached hydrogen (secondary N) is 2. The lowest BCUT2D eigenvalue weighted by atomic mass is 10.1. The molecule has 0 radical (unpaired) electrons. The average molecular weight is 315 g/mol. The fourth-order valence-electron chi connectivity index (χ4n) is 2.05. The lowest BCUT2D eigenvalue weighted by Crippen LogP contribution is -2.37. The van der Waals surface area contributed by atoms with Crippen LogP contribution < -0.4 is 15.4 Å². The van der Waals surface area contributed by atoms with Gasteiger partial charge in [0.15, 0.2) is 0 Å². The molecule has 0 aliphatic heterocycles. The van der Waals surface area contributed by atoms with E-state index in [0.29, 0.717) is 13.0 Å². The van der Waals surface area contributed by atoms with Gasteiger partial charge in [-0.05, 0) is 51.9 Å². The topological polar surface area (TPSA) is 50.4 Å². The molecule has 1 rings (SSSR count). The molecule has 0 saturated carbocycles. The molecule has 0 spiro atoms. The van der Waals surface area contributed by atoms with Crippen molar-refractivity contribution in [3.05, 3.63) is 29.3 Å². The van der Waals surface area contributed by atoms with E-state index >= 15 is 0 Å². The molecular weight excluding hydrogens is 288 g/mol. The van der Waals surface area contributed by atoms with E-state index in [1.807, 2.05) is 46.0 Å². The largest absolute Gasteiger partial charge is 0.491 e. The van der Waals surface area contributed by atoms with Gasteiger partial charge in [0.05, 0.1) is 6.04 Å². The summed E-state index contributed by atoms with van der Waals surface area (Å²) in [6.45, 7) is 7.38. The summed E-state index contributed by atoms with van der Waals surface area (Å²) in [5.74, 6) is 1.00. The first-order valence-electron chi connectivity index (χ1n) is 7.17. The van der Waals surface area contributed by atoms with Crippen LogP contribution in [0.4, 0.5) is 0 Å². The number of halogens is 1. The highest BCUT2D eigenvalue weighted by Crippen LogP contribution is 2.22. The molecule has 4 nitrogen and oxygen atoms in total. The first kappa shape index (κ1) is 19.7. The Morgan fingerprint density at radius 3 is 2.48 bits per heavy atom. The van der Waals surface area contributed by atoms with Gasteiger partial charge in [0, 0.05) is 6.42 Å². The SMILES string of the molecule is CNCCCC(=O)NC(C)COc1c(C)cccc1C.Cl. The third kappa shape index (κ3) is 7.34. The molecule has 0 fully saturated rings. The van der Waals surface area contributed by atoms with Crippen LogP contribution in [0.1, 0.15) is 30.9 Å². The van der Waals surface area contributed by atoms with Crippen LogP contribution in [0.5, 0.6) is 5.75 Å². The minimum absolute atomic E-state index is 0. The Balaban J connectivity index is 0.00000400. The Labute approximate surface area is 134 Å². The summed E-state index contributed by atoms with van der Waals surface area (Å²) >= 11 is 0. The zero-order valence-electron chi connectivity index (χ0n) is 13.4. The van der Waals surface area contributed by atoms with Crippen LogP contribution in [-0.4, -0.2) is 32.1 Å². The number of hydrogen-bond donors (Lipinski definition) is 2. The van der Waals surface area contributed by atoms with Crippen LogP contribution in [0.25, 0.3) is 0 Å². The van der Waals surface area contributed by atoms with Gasteiger partial charge in [0.2, 0.25) is 5.91 Å². The number of aryl methyl sites for hydroxylation is 2. The molecule has 21 heavy (non-hydrogen) atoms. The number of carbonyl (C=O) groups excluding carboxylic acids is 1. The van der Waals surface area contributed by atoms with Gasteiger partial charge in [-0.15, -0.1) is 12.4 Å². The van der Waals surface area contributed by atoms with Crippen LogP contribution >= 0.6 is 12.4 Å². The van der Waals surface area contributed by atoms with Crippen LogP contribution in [0, 0.1) is 13.8 Å². The van der Waals surface area contributed by atoms with Gasteiger partial charge >= 0.3 is 0 Å². The van der Waals surface area contributed by atoms with Crippen molar-refractivity contribution < 1.29 is 9.53 Å². The van der Waals surface area contributed by atoms with Crippen molar-refractivity contribution in [2.24, 2.45) is 0 Å². The van der Waals surface area contributed by atoms with Crippen molar-refractivity contribution in [1.82, 2.24) is 10.6 Å². The Kier molecular flexibility index (Phi) is 9.84. The normalized spacial score (nSPS) is 11.4. The maximum absolute atomic E-state index is 11.7. The van der Waals surface area contributed by atoms with Crippen molar-refractivity contribution in [3.8, 4) is 5.75 Å². The first-order chi connectivity index (χ1) is 9.54. The zero-order valence-corrected chi connectivity index (χ0v) is 14.2. The number of amides is 1. The molecule has 0 aliphatic rings. The quantitative estimate of drug-likeness (QED) is 0.725. The summed E-state index contributed by atoms with van der Waals surface area (Å²) in [5, 5.41) is 5.99. The van der Waals surface area contributed by atoms with Gasteiger partial charge in [0.1, 0.15) is 12.4 Å². The van der Waals surface area contributed by atoms with E-state index < -0.39 is 0 Å². The molecular formula is C16H27ClN2O2. The van der Waals surface area contributed by atoms with Crippen molar-refractivity contribution in [1.29, 1.82) is 0 Å². The van der Waals surface area contributed by atoms with Crippen LogP contribution in [0.2, 0.25) is 0 Å². The Morgan fingerprint density at radius 2 is 1.90 bits per heavy atom. The summed E-state index contributed by atoms with van der Waals surface area (Å²) in [6.07, 6.45) is 1.40. The van der Waals surface area contributed by atoms with Gasteiger partial charge in [-0.1, -0.05) is 18.2 Å². The smallest absolute Gasteiger partial charge is 0.220 e. The highest BCUT2D eigenvalue weighted by atomic mass is 35.5. The monoisotopic (exact) mass is 314 g/mol. The highest BCUT2D eigenvalue weighted by molar-refractivity contribution is 5.85. The van der Waals surface area contributed by atoms with Gasteiger partial charge in [-0.2, -0.15) is 0 Å². The minimum Gasteiger partial charge on any atom is -0.491 e. The van der Waals surface area contributed by atoms with E-state index in [1.165, 1.54) is 0 Å². The second-order valence-corrected chi connectivity index (χ2v) is 5.21. The van der Waals surface area contributed by atoms with Crippen LogP contribution in [0.3, 0.4) is 0 Å². The van der Waals surface area contributed by atoms with E-state index in [2.05, 4.69) is 10.6 Å². The minimum atomic E-state index is 0. The van der Waals surface area contributed by atoms with Crippen molar-refractivity contribution in [2.75, 3.05) is 20.2 Å². The van der Waals surface area contributed by atoms with E-state index in [-0.39, 0.29) is 24.4 Å². The molecule has 1 aromatic carbocycles. The summed E-state index contributed by atoms with van der Waals surface area (Å²) < 4.78 is 5.83. The van der Waals surface area contributed by atoms with Crippen molar-refractivity contribution in [3.63, 3.8) is 0 Å². The van der Waals surface area contributed by atoms with E-state index in [1.54, 1.807) is 0 Å².